The first-order chi connectivity index (χ1) is 16.4. The van der Waals surface area contributed by atoms with Gasteiger partial charge in [-0.05, 0) is 53.9 Å². The molecule has 0 spiro atoms. The Bertz CT molecular complexity index is 1230. The van der Waals surface area contributed by atoms with Gasteiger partial charge in [-0.2, -0.15) is 4.72 Å². The summed E-state index contributed by atoms with van der Waals surface area (Å²) in [6.45, 7) is 0.333. The van der Waals surface area contributed by atoms with Gasteiger partial charge in [0.05, 0.1) is 20.8 Å². The van der Waals surface area contributed by atoms with E-state index in [1.165, 1.54) is 23.4 Å². The lowest BCUT2D eigenvalue weighted by Crippen LogP contribution is -2.57. The van der Waals surface area contributed by atoms with Crippen LogP contribution in [0.3, 0.4) is 0 Å². The Kier molecular flexibility index (Phi) is 6.71. The molecule has 34 heavy (non-hydrogen) atoms. The zero-order valence-electron chi connectivity index (χ0n) is 18.9. The van der Waals surface area contributed by atoms with E-state index >= 15 is 0 Å². The fourth-order valence-electron chi connectivity index (χ4n) is 3.96. The van der Waals surface area contributed by atoms with Crippen LogP contribution in [0.5, 0.6) is 11.5 Å². The summed E-state index contributed by atoms with van der Waals surface area (Å²) in [7, 11) is -0.857. The number of hydrogen-bond acceptors (Lipinski definition) is 6. The lowest BCUT2D eigenvalue weighted by molar-refractivity contribution is 0.147. The number of amides is 2. The third kappa shape index (κ3) is 4.68. The summed E-state index contributed by atoms with van der Waals surface area (Å²) in [6.07, 6.45) is 3.29. The SMILES string of the molecule is COc1ccc(CCN2C(=O)NCC2(NS(=O)(=O)c2cccnc2)c2ccc(OC)cc2)cc1. The highest BCUT2D eigenvalue weighted by atomic mass is 32.2. The van der Waals surface area contributed by atoms with E-state index in [0.29, 0.717) is 17.7 Å². The lowest BCUT2D eigenvalue weighted by Gasteiger charge is -2.38. The maximum absolute atomic E-state index is 13.3. The Hall–Kier alpha value is -3.63. The van der Waals surface area contributed by atoms with E-state index in [1.807, 2.05) is 24.3 Å². The van der Waals surface area contributed by atoms with Crippen LogP contribution in [-0.2, 0) is 22.1 Å². The van der Waals surface area contributed by atoms with Crippen LogP contribution in [0.1, 0.15) is 11.1 Å². The molecule has 2 N–H and O–H groups in total. The van der Waals surface area contributed by atoms with Crippen LogP contribution >= 0.6 is 0 Å². The van der Waals surface area contributed by atoms with E-state index in [9.17, 15) is 13.2 Å². The van der Waals surface area contributed by atoms with Gasteiger partial charge < -0.3 is 14.8 Å². The van der Waals surface area contributed by atoms with Crippen LogP contribution in [0, 0.1) is 0 Å². The normalized spacial score (nSPS) is 17.9. The van der Waals surface area contributed by atoms with E-state index in [0.717, 1.165) is 11.3 Å². The summed E-state index contributed by atoms with van der Waals surface area (Å²) < 4.78 is 39.9. The number of methoxy groups -OCH3 is 2. The van der Waals surface area contributed by atoms with Crippen molar-refractivity contribution in [3.05, 3.63) is 84.2 Å². The van der Waals surface area contributed by atoms with Crippen LogP contribution in [0.25, 0.3) is 0 Å². The van der Waals surface area contributed by atoms with Crippen LogP contribution in [-0.4, -0.2) is 51.6 Å². The number of carbonyl (C=O) groups is 1. The molecule has 1 unspecified atom stereocenters. The van der Waals surface area contributed by atoms with Crippen molar-refractivity contribution in [2.75, 3.05) is 27.3 Å². The molecule has 2 aromatic carbocycles. The van der Waals surface area contributed by atoms with Gasteiger partial charge >= 0.3 is 6.03 Å². The molecule has 1 aliphatic rings. The number of ether oxygens (including phenoxy) is 2. The second-order valence-electron chi connectivity index (χ2n) is 7.79. The maximum Gasteiger partial charge on any atom is 0.319 e. The molecule has 1 fully saturated rings. The molecule has 0 aliphatic carbocycles. The number of nitrogens with one attached hydrogen (secondary N) is 2. The van der Waals surface area contributed by atoms with Crippen molar-refractivity contribution in [1.82, 2.24) is 19.9 Å². The molecule has 3 aromatic rings. The minimum Gasteiger partial charge on any atom is -0.497 e. The molecule has 1 aliphatic heterocycles. The molecular weight excluding hydrogens is 456 g/mol. The smallest absolute Gasteiger partial charge is 0.319 e. The van der Waals surface area contributed by atoms with Crippen molar-refractivity contribution in [3.63, 3.8) is 0 Å². The molecule has 4 rings (SSSR count). The Morgan fingerprint density at radius 2 is 1.68 bits per heavy atom. The Balaban J connectivity index is 1.71. The van der Waals surface area contributed by atoms with Gasteiger partial charge in [-0.1, -0.05) is 24.3 Å². The average Bonchev–Trinajstić information content (AvgIpc) is 3.18. The molecule has 1 aromatic heterocycles. The topological polar surface area (TPSA) is 110 Å². The van der Waals surface area contributed by atoms with Gasteiger partial charge in [0.2, 0.25) is 10.0 Å². The van der Waals surface area contributed by atoms with Gasteiger partial charge in [0.1, 0.15) is 16.4 Å². The summed E-state index contributed by atoms with van der Waals surface area (Å²) >= 11 is 0. The number of rotatable bonds is 9. The second kappa shape index (κ2) is 9.70. The second-order valence-corrected chi connectivity index (χ2v) is 9.47. The molecule has 9 nitrogen and oxygen atoms in total. The summed E-state index contributed by atoms with van der Waals surface area (Å²) in [6, 6.07) is 17.2. The highest BCUT2D eigenvalue weighted by Gasteiger charge is 2.49. The maximum atomic E-state index is 13.3. The summed E-state index contributed by atoms with van der Waals surface area (Å²) in [5.74, 6) is 1.36. The molecule has 1 atom stereocenters. The van der Waals surface area contributed by atoms with E-state index in [4.69, 9.17) is 9.47 Å². The molecule has 1 saturated heterocycles. The van der Waals surface area contributed by atoms with Crippen molar-refractivity contribution in [2.45, 2.75) is 17.0 Å². The van der Waals surface area contributed by atoms with Crippen LogP contribution in [0.2, 0.25) is 0 Å². The molecular formula is C24H26N4O5S. The first-order valence-electron chi connectivity index (χ1n) is 10.6. The highest BCUT2D eigenvalue weighted by molar-refractivity contribution is 7.89. The summed E-state index contributed by atoms with van der Waals surface area (Å²) in [4.78, 5) is 18.4. The van der Waals surface area contributed by atoms with Gasteiger partial charge in [-0.25, -0.2) is 13.2 Å². The number of aromatic nitrogens is 1. The standard InChI is InChI=1S/C24H26N4O5S/c1-32-20-9-5-18(6-10-20)13-15-28-23(29)26-17-24(28,19-7-11-21(33-2)12-8-19)27-34(30,31)22-4-3-14-25-16-22/h3-12,14,16,27H,13,15,17H2,1-2H3,(H,26,29). The first-order valence-corrected chi connectivity index (χ1v) is 12.1. The third-order valence-corrected chi connectivity index (χ3v) is 7.27. The number of nitrogens with zero attached hydrogens (tertiary/aromatic N) is 2. The van der Waals surface area contributed by atoms with Gasteiger partial charge in [0.25, 0.3) is 0 Å². The molecule has 178 valence electrons. The first kappa shape index (κ1) is 23.5. The zero-order chi connectivity index (χ0) is 24.2. The quantitative estimate of drug-likeness (QED) is 0.485. The summed E-state index contributed by atoms with van der Waals surface area (Å²) in [5, 5.41) is 2.81. The number of carbonyl (C=O) groups excluding carboxylic acids is 1. The lowest BCUT2D eigenvalue weighted by atomic mass is 9.99. The molecule has 2 amide bonds. The number of pyridine rings is 1. The van der Waals surface area contributed by atoms with Gasteiger partial charge in [0.15, 0.2) is 5.66 Å². The van der Waals surface area contributed by atoms with Crippen LogP contribution in [0.15, 0.2) is 78.0 Å². The Morgan fingerprint density at radius 1 is 1.03 bits per heavy atom. The van der Waals surface area contributed by atoms with Gasteiger partial charge in [0, 0.05) is 18.9 Å². The molecule has 0 saturated carbocycles. The van der Waals surface area contributed by atoms with E-state index in [2.05, 4.69) is 15.0 Å². The molecule has 0 radical (unpaired) electrons. The van der Waals surface area contributed by atoms with E-state index in [1.54, 1.807) is 44.6 Å². The Labute approximate surface area is 198 Å². The van der Waals surface area contributed by atoms with E-state index in [-0.39, 0.29) is 24.0 Å². The largest absolute Gasteiger partial charge is 0.497 e. The predicted molar refractivity (Wildman–Crippen MR) is 126 cm³/mol. The van der Waals surface area contributed by atoms with Crippen molar-refractivity contribution in [1.29, 1.82) is 0 Å². The molecule has 10 heteroatoms. The fourth-order valence-corrected chi connectivity index (χ4v) is 5.28. The Morgan fingerprint density at radius 3 is 2.26 bits per heavy atom. The van der Waals surface area contributed by atoms with Crippen molar-refractivity contribution in [3.8, 4) is 11.5 Å². The van der Waals surface area contributed by atoms with Gasteiger partial charge in [-0.15, -0.1) is 0 Å². The van der Waals surface area contributed by atoms with Gasteiger partial charge in [-0.3, -0.25) is 9.88 Å². The van der Waals surface area contributed by atoms with Crippen molar-refractivity contribution >= 4 is 16.1 Å². The number of urea groups is 1. The zero-order valence-corrected chi connectivity index (χ0v) is 19.7. The minimum atomic E-state index is -4.01. The number of sulfonamides is 1. The van der Waals surface area contributed by atoms with Crippen molar-refractivity contribution in [2.24, 2.45) is 0 Å². The number of hydrogen-bond donors (Lipinski definition) is 2. The molecule has 2 heterocycles. The fraction of sp³-hybridized carbons (Fsp3) is 0.250. The highest BCUT2D eigenvalue weighted by Crippen LogP contribution is 2.33. The number of benzene rings is 2. The average molecular weight is 483 g/mol. The summed E-state index contributed by atoms with van der Waals surface area (Å²) in [5.41, 5.74) is 0.248. The molecule has 0 bridgehead atoms. The monoisotopic (exact) mass is 482 g/mol. The van der Waals surface area contributed by atoms with Crippen LogP contribution < -0.4 is 19.5 Å². The minimum absolute atomic E-state index is 0.0114. The third-order valence-electron chi connectivity index (χ3n) is 5.80. The van der Waals surface area contributed by atoms with E-state index < -0.39 is 15.7 Å². The van der Waals surface area contributed by atoms with Crippen LogP contribution in [0.4, 0.5) is 4.79 Å². The van der Waals surface area contributed by atoms with Crippen molar-refractivity contribution < 1.29 is 22.7 Å². The predicted octanol–water partition coefficient (Wildman–Crippen LogP) is 2.50.